The van der Waals surface area contributed by atoms with E-state index in [1.807, 2.05) is 43.3 Å². The second kappa shape index (κ2) is 12.6. The number of ether oxygens (including phenoxy) is 1. The minimum Gasteiger partial charge on any atom is -0.489 e. The summed E-state index contributed by atoms with van der Waals surface area (Å²) in [5.41, 5.74) is 5.60. The molecule has 0 saturated heterocycles. The van der Waals surface area contributed by atoms with Gasteiger partial charge >= 0.3 is 11.9 Å². The number of rotatable bonds is 9. The highest BCUT2D eigenvalue weighted by atomic mass is 79.9. The standard InChI is InChI=1S/C33H39BrN2O5/c1-6-25(20(2)31(37)38)29-18-30(36(35-29)23-10-8-7-9-11-23)21-12-14-24(15-13-21)41-19-22-16-26(32(39)40)28(34)17-27(22)33(3,4)5/h12-18,23H,6-11,19H2,1-5H3,(H,37,38)(H,39,40)/b25-20+. The predicted octanol–water partition coefficient (Wildman–Crippen LogP) is 8.66. The fourth-order valence-corrected chi connectivity index (χ4v) is 6.12. The second-order valence-corrected chi connectivity index (χ2v) is 12.6. The van der Waals surface area contributed by atoms with Gasteiger partial charge in [0.2, 0.25) is 0 Å². The van der Waals surface area contributed by atoms with E-state index in [4.69, 9.17) is 9.84 Å². The molecule has 2 aromatic carbocycles. The van der Waals surface area contributed by atoms with Crippen molar-refractivity contribution < 1.29 is 24.5 Å². The molecule has 218 valence electrons. The maximum Gasteiger partial charge on any atom is 0.336 e. The highest BCUT2D eigenvalue weighted by Gasteiger charge is 2.24. The number of allylic oxidation sites excluding steroid dienone is 1. The zero-order valence-electron chi connectivity index (χ0n) is 24.5. The Balaban J connectivity index is 1.65. The molecule has 7 nitrogen and oxygen atoms in total. The van der Waals surface area contributed by atoms with Crippen molar-refractivity contribution in [3.63, 3.8) is 0 Å². The maximum atomic E-state index is 11.7. The molecule has 1 saturated carbocycles. The molecule has 4 rings (SSSR count). The summed E-state index contributed by atoms with van der Waals surface area (Å²) in [4.78, 5) is 23.5. The largest absolute Gasteiger partial charge is 0.489 e. The molecule has 1 fully saturated rings. The van der Waals surface area contributed by atoms with Gasteiger partial charge in [-0.1, -0.05) is 47.0 Å². The van der Waals surface area contributed by atoms with Gasteiger partial charge in [0.05, 0.1) is 23.0 Å². The van der Waals surface area contributed by atoms with Crippen LogP contribution >= 0.6 is 15.9 Å². The van der Waals surface area contributed by atoms with Gasteiger partial charge < -0.3 is 14.9 Å². The van der Waals surface area contributed by atoms with E-state index in [-0.39, 0.29) is 23.6 Å². The molecule has 0 atom stereocenters. The van der Waals surface area contributed by atoms with Crippen LogP contribution in [0.5, 0.6) is 5.75 Å². The molecule has 8 heteroatoms. The Hall–Kier alpha value is -3.39. The highest BCUT2D eigenvalue weighted by Crippen LogP contribution is 2.36. The first-order valence-corrected chi connectivity index (χ1v) is 15.0. The molecule has 0 spiro atoms. The number of hydrogen-bond acceptors (Lipinski definition) is 4. The zero-order valence-corrected chi connectivity index (χ0v) is 26.0. The lowest BCUT2D eigenvalue weighted by Gasteiger charge is -2.24. The lowest BCUT2D eigenvalue weighted by molar-refractivity contribution is -0.132. The van der Waals surface area contributed by atoms with Crippen molar-refractivity contribution in [3.05, 3.63) is 74.9 Å². The fourth-order valence-electron chi connectivity index (χ4n) is 5.61. The van der Waals surface area contributed by atoms with E-state index in [1.165, 1.54) is 6.42 Å². The summed E-state index contributed by atoms with van der Waals surface area (Å²) < 4.78 is 8.80. The Bertz CT molecular complexity index is 1460. The number of aromatic carboxylic acids is 1. The lowest BCUT2D eigenvalue weighted by Crippen LogP contribution is -2.17. The van der Waals surface area contributed by atoms with Crippen molar-refractivity contribution in [1.82, 2.24) is 9.78 Å². The van der Waals surface area contributed by atoms with Gasteiger partial charge in [0, 0.05) is 15.6 Å². The molecule has 0 unspecified atom stereocenters. The lowest BCUT2D eigenvalue weighted by atomic mass is 9.83. The molecule has 1 aliphatic rings. The molecule has 3 aromatic rings. The van der Waals surface area contributed by atoms with Gasteiger partial charge in [-0.2, -0.15) is 5.10 Å². The average Bonchev–Trinajstić information content (AvgIpc) is 3.37. The quantitative estimate of drug-likeness (QED) is 0.231. The van der Waals surface area contributed by atoms with Crippen molar-refractivity contribution in [3.8, 4) is 17.0 Å². The van der Waals surface area contributed by atoms with Crippen molar-refractivity contribution in [2.45, 2.75) is 91.2 Å². The van der Waals surface area contributed by atoms with Crippen LogP contribution in [-0.2, 0) is 16.8 Å². The van der Waals surface area contributed by atoms with E-state index < -0.39 is 11.9 Å². The van der Waals surface area contributed by atoms with E-state index in [1.54, 1.807) is 13.0 Å². The normalized spacial score (nSPS) is 15.0. The number of aromatic nitrogens is 2. The first kappa shape index (κ1) is 30.6. The SMILES string of the molecule is CC/C(=C(/C)C(=O)O)c1cc(-c2ccc(OCc3cc(C(=O)O)c(Br)cc3C(C)(C)C)cc2)n(C2CCCCC2)n1. The van der Waals surface area contributed by atoms with E-state index in [0.717, 1.165) is 53.6 Å². The topological polar surface area (TPSA) is 102 Å². The molecule has 1 heterocycles. The Labute approximate surface area is 250 Å². The monoisotopic (exact) mass is 622 g/mol. The Morgan fingerprint density at radius 2 is 1.71 bits per heavy atom. The van der Waals surface area contributed by atoms with Gasteiger partial charge in [-0.3, -0.25) is 4.68 Å². The molecule has 41 heavy (non-hydrogen) atoms. The van der Waals surface area contributed by atoms with Gasteiger partial charge in [0.25, 0.3) is 0 Å². The minimum atomic E-state index is -0.989. The van der Waals surface area contributed by atoms with Crippen LogP contribution in [0.1, 0.15) is 106 Å². The molecule has 0 aliphatic heterocycles. The number of hydrogen-bond donors (Lipinski definition) is 2. The first-order valence-electron chi connectivity index (χ1n) is 14.2. The third-order valence-corrected chi connectivity index (χ3v) is 8.52. The highest BCUT2D eigenvalue weighted by molar-refractivity contribution is 9.10. The summed E-state index contributed by atoms with van der Waals surface area (Å²) in [6, 6.07) is 13.7. The van der Waals surface area contributed by atoms with Gasteiger partial charge in [0.15, 0.2) is 0 Å². The Morgan fingerprint density at radius 3 is 2.27 bits per heavy atom. The van der Waals surface area contributed by atoms with Crippen LogP contribution in [-0.4, -0.2) is 31.9 Å². The minimum absolute atomic E-state index is 0.192. The number of carbonyl (C=O) groups is 2. The van der Waals surface area contributed by atoms with Crippen LogP contribution in [0, 0.1) is 0 Å². The van der Waals surface area contributed by atoms with Crippen LogP contribution in [0.4, 0.5) is 0 Å². The van der Waals surface area contributed by atoms with Crippen molar-refractivity contribution in [1.29, 1.82) is 0 Å². The number of carboxylic acids is 2. The molecular weight excluding hydrogens is 584 g/mol. The third-order valence-electron chi connectivity index (χ3n) is 7.87. The van der Waals surface area contributed by atoms with E-state index >= 15 is 0 Å². The summed E-state index contributed by atoms with van der Waals surface area (Å²) in [6.45, 7) is 10.1. The van der Waals surface area contributed by atoms with Crippen LogP contribution in [0.15, 0.2) is 52.5 Å². The predicted molar refractivity (Wildman–Crippen MR) is 164 cm³/mol. The number of aliphatic carboxylic acids is 1. The van der Waals surface area contributed by atoms with Crippen LogP contribution in [0.25, 0.3) is 16.8 Å². The van der Waals surface area contributed by atoms with Gasteiger partial charge in [-0.05, 0) is 107 Å². The fraction of sp³-hybridized carbons (Fsp3) is 0.424. The first-order chi connectivity index (χ1) is 19.4. The van der Waals surface area contributed by atoms with Gasteiger partial charge in [0.1, 0.15) is 12.4 Å². The van der Waals surface area contributed by atoms with Crippen molar-refractivity contribution in [2.24, 2.45) is 0 Å². The van der Waals surface area contributed by atoms with Crippen molar-refractivity contribution >= 4 is 33.4 Å². The Morgan fingerprint density at radius 1 is 1.05 bits per heavy atom. The van der Waals surface area contributed by atoms with Crippen LogP contribution < -0.4 is 4.74 Å². The average molecular weight is 624 g/mol. The molecular formula is C33H39BrN2O5. The summed E-state index contributed by atoms with van der Waals surface area (Å²) >= 11 is 3.40. The Kier molecular flexibility index (Phi) is 9.42. The van der Waals surface area contributed by atoms with Gasteiger partial charge in [-0.25, -0.2) is 9.59 Å². The molecule has 2 N–H and O–H groups in total. The zero-order chi connectivity index (χ0) is 29.9. The number of nitrogens with zero attached hydrogens (tertiary/aromatic N) is 2. The van der Waals surface area contributed by atoms with Crippen LogP contribution in [0.2, 0.25) is 0 Å². The van der Waals surface area contributed by atoms with E-state index in [9.17, 15) is 19.8 Å². The number of halogens is 1. The maximum absolute atomic E-state index is 11.7. The summed E-state index contributed by atoms with van der Waals surface area (Å²) in [6.07, 6.45) is 6.25. The van der Waals surface area contributed by atoms with Crippen LogP contribution in [0.3, 0.4) is 0 Å². The van der Waals surface area contributed by atoms with Gasteiger partial charge in [-0.15, -0.1) is 0 Å². The second-order valence-electron chi connectivity index (χ2n) is 11.8. The molecule has 0 bridgehead atoms. The molecule has 1 aliphatic carbocycles. The summed E-state index contributed by atoms with van der Waals surface area (Å²) in [5.74, 6) is -1.24. The van der Waals surface area contributed by atoms with E-state index in [0.29, 0.717) is 27.9 Å². The summed E-state index contributed by atoms with van der Waals surface area (Å²) in [7, 11) is 0. The van der Waals surface area contributed by atoms with E-state index in [2.05, 4.69) is 41.4 Å². The molecule has 0 amide bonds. The summed E-state index contributed by atoms with van der Waals surface area (Å²) in [5, 5.41) is 24.2. The van der Waals surface area contributed by atoms with Crippen molar-refractivity contribution in [2.75, 3.05) is 0 Å². The molecule has 1 aromatic heterocycles. The third kappa shape index (κ3) is 6.92. The number of carboxylic acid groups (broad SMARTS) is 2. The number of benzene rings is 2. The smallest absolute Gasteiger partial charge is 0.336 e. The molecule has 0 radical (unpaired) electrons.